The number of hydrogen-bond donors (Lipinski definition) is 1. The average molecular weight is 267 g/mol. The van der Waals surface area contributed by atoms with Crippen molar-refractivity contribution in [2.75, 3.05) is 0 Å². The molecule has 0 fully saturated rings. The van der Waals surface area contributed by atoms with Crippen molar-refractivity contribution < 1.29 is 4.74 Å². The van der Waals surface area contributed by atoms with Crippen LogP contribution in [0.4, 0.5) is 0 Å². The minimum absolute atomic E-state index is 0.0422. The molecule has 0 saturated carbocycles. The van der Waals surface area contributed by atoms with Gasteiger partial charge in [-0.1, -0.05) is 36.4 Å². The van der Waals surface area contributed by atoms with E-state index in [0.29, 0.717) is 5.92 Å². The monoisotopic (exact) mass is 267 g/mol. The minimum atomic E-state index is 0.0422. The minimum Gasteiger partial charge on any atom is -0.491 e. The average Bonchev–Trinajstić information content (AvgIpc) is 2.39. The standard InChI is InChI=1S/C18H21NO/c1-12(2)20-15-8-5-7-14(10-15)18(19)17-11-13-6-3-4-9-16(13)17/h3-10,12,17-18H,11,19H2,1-2H3. The van der Waals surface area contributed by atoms with E-state index in [-0.39, 0.29) is 12.1 Å². The van der Waals surface area contributed by atoms with Crippen molar-refractivity contribution in [1.29, 1.82) is 0 Å². The lowest BCUT2D eigenvalue weighted by molar-refractivity contribution is 0.242. The second-order valence-electron chi connectivity index (χ2n) is 5.77. The molecule has 0 bridgehead atoms. The molecule has 0 spiro atoms. The van der Waals surface area contributed by atoms with Crippen molar-refractivity contribution in [2.45, 2.75) is 38.3 Å². The van der Waals surface area contributed by atoms with Gasteiger partial charge in [-0.25, -0.2) is 0 Å². The first-order chi connectivity index (χ1) is 9.65. The number of nitrogens with two attached hydrogens (primary N) is 1. The first kappa shape index (κ1) is 13.2. The molecule has 0 aromatic heterocycles. The summed E-state index contributed by atoms with van der Waals surface area (Å²) in [6.45, 7) is 4.07. The summed E-state index contributed by atoms with van der Waals surface area (Å²) in [6.07, 6.45) is 1.26. The number of ether oxygens (including phenoxy) is 1. The summed E-state index contributed by atoms with van der Waals surface area (Å²) in [5.41, 5.74) is 10.4. The van der Waals surface area contributed by atoms with Crippen LogP contribution in [0.3, 0.4) is 0 Å². The summed E-state index contributed by atoms with van der Waals surface area (Å²) in [4.78, 5) is 0. The maximum Gasteiger partial charge on any atom is 0.120 e. The van der Waals surface area contributed by atoms with E-state index in [0.717, 1.165) is 17.7 Å². The Morgan fingerprint density at radius 2 is 1.90 bits per heavy atom. The molecule has 2 unspecified atom stereocenters. The maximum absolute atomic E-state index is 6.46. The summed E-state index contributed by atoms with van der Waals surface area (Å²) in [5, 5.41) is 0. The van der Waals surface area contributed by atoms with Crippen LogP contribution in [0.15, 0.2) is 48.5 Å². The van der Waals surface area contributed by atoms with Crippen molar-refractivity contribution >= 4 is 0 Å². The molecular formula is C18H21NO. The first-order valence-corrected chi connectivity index (χ1v) is 7.25. The molecule has 0 amide bonds. The predicted molar refractivity (Wildman–Crippen MR) is 82.0 cm³/mol. The molecule has 1 aliphatic carbocycles. The highest BCUT2D eigenvalue weighted by atomic mass is 16.5. The highest BCUT2D eigenvalue weighted by Gasteiger charge is 2.31. The smallest absolute Gasteiger partial charge is 0.120 e. The third kappa shape index (κ3) is 2.44. The molecule has 0 heterocycles. The quantitative estimate of drug-likeness (QED) is 0.914. The molecule has 2 aromatic carbocycles. The SMILES string of the molecule is CC(C)Oc1cccc(C(N)C2Cc3ccccc32)c1. The molecule has 104 valence electrons. The Morgan fingerprint density at radius 1 is 1.10 bits per heavy atom. The van der Waals surface area contributed by atoms with Crippen molar-refractivity contribution in [3.63, 3.8) is 0 Å². The Kier molecular flexibility index (Phi) is 3.49. The van der Waals surface area contributed by atoms with Crippen molar-refractivity contribution in [3.05, 3.63) is 65.2 Å². The van der Waals surface area contributed by atoms with Gasteiger partial charge in [0.25, 0.3) is 0 Å². The van der Waals surface area contributed by atoms with Gasteiger partial charge in [0, 0.05) is 12.0 Å². The largest absolute Gasteiger partial charge is 0.491 e. The van der Waals surface area contributed by atoms with E-state index in [4.69, 9.17) is 10.5 Å². The summed E-state index contributed by atoms with van der Waals surface area (Å²) in [5.74, 6) is 1.33. The van der Waals surface area contributed by atoms with Crippen molar-refractivity contribution in [2.24, 2.45) is 5.73 Å². The van der Waals surface area contributed by atoms with Crippen molar-refractivity contribution in [1.82, 2.24) is 0 Å². The molecule has 0 aliphatic heterocycles. The van der Waals surface area contributed by atoms with E-state index in [1.807, 2.05) is 26.0 Å². The number of rotatable bonds is 4. The summed E-state index contributed by atoms with van der Waals surface area (Å²) in [7, 11) is 0. The summed E-state index contributed by atoms with van der Waals surface area (Å²) >= 11 is 0. The van der Waals surface area contributed by atoms with Gasteiger partial charge >= 0.3 is 0 Å². The number of benzene rings is 2. The lowest BCUT2D eigenvalue weighted by Crippen LogP contribution is -2.28. The van der Waals surface area contributed by atoms with Crippen LogP contribution in [0.25, 0.3) is 0 Å². The van der Waals surface area contributed by atoms with E-state index in [1.165, 1.54) is 11.1 Å². The van der Waals surface area contributed by atoms with Crippen LogP contribution in [0.1, 0.15) is 42.5 Å². The van der Waals surface area contributed by atoms with Crippen LogP contribution >= 0.6 is 0 Å². The Labute approximate surface area is 120 Å². The molecule has 2 aromatic rings. The Bertz CT molecular complexity index is 606. The van der Waals surface area contributed by atoms with Crippen LogP contribution in [0.2, 0.25) is 0 Å². The molecular weight excluding hydrogens is 246 g/mol. The fraction of sp³-hybridized carbons (Fsp3) is 0.333. The molecule has 2 atom stereocenters. The second-order valence-corrected chi connectivity index (χ2v) is 5.77. The zero-order valence-electron chi connectivity index (χ0n) is 12.0. The normalized spacial score (nSPS) is 18.3. The first-order valence-electron chi connectivity index (χ1n) is 7.25. The Hall–Kier alpha value is -1.80. The van der Waals surface area contributed by atoms with Gasteiger partial charge in [-0.15, -0.1) is 0 Å². The zero-order valence-corrected chi connectivity index (χ0v) is 12.0. The fourth-order valence-corrected chi connectivity index (χ4v) is 2.92. The van der Waals surface area contributed by atoms with Gasteiger partial charge in [0.15, 0.2) is 0 Å². The van der Waals surface area contributed by atoms with Gasteiger partial charge in [-0.05, 0) is 49.1 Å². The highest BCUT2D eigenvalue weighted by Crippen LogP contribution is 2.42. The van der Waals surface area contributed by atoms with Gasteiger partial charge in [-0.2, -0.15) is 0 Å². The van der Waals surface area contributed by atoms with Crippen LogP contribution in [-0.2, 0) is 6.42 Å². The molecule has 0 radical (unpaired) electrons. The van der Waals surface area contributed by atoms with Gasteiger partial charge in [0.2, 0.25) is 0 Å². The van der Waals surface area contributed by atoms with E-state index in [9.17, 15) is 0 Å². The van der Waals surface area contributed by atoms with E-state index in [1.54, 1.807) is 0 Å². The molecule has 2 N–H and O–H groups in total. The summed E-state index contributed by atoms with van der Waals surface area (Å²) in [6, 6.07) is 16.8. The van der Waals surface area contributed by atoms with Gasteiger partial charge in [0.1, 0.15) is 5.75 Å². The molecule has 2 heteroatoms. The van der Waals surface area contributed by atoms with Crippen LogP contribution in [0, 0.1) is 0 Å². The van der Waals surface area contributed by atoms with Gasteiger partial charge in [0.05, 0.1) is 6.10 Å². The maximum atomic E-state index is 6.46. The molecule has 0 saturated heterocycles. The van der Waals surface area contributed by atoms with Crippen molar-refractivity contribution in [3.8, 4) is 5.75 Å². The molecule has 20 heavy (non-hydrogen) atoms. The highest BCUT2D eigenvalue weighted by molar-refractivity contribution is 5.43. The van der Waals surface area contributed by atoms with Gasteiger partial charge < -0.3 is 10.5 Å². The lowest BCUT2D eigenvalue weighted by Gasteiger charge is -2.35. The van der Waals surface area contributed by atoms with E-state index >= 15 is 0 Å². The Balaban J connectivity index is 1.80. The Morgan fingerprint density at radius 3 is 2.65 bits per heavy atom. The summed E-state index contributed by atoms with van der Waals surface area (Å²) < 4.78 is 5.75. The third-order valence-corrected chi connectivity index (χ3v) is 3.94. The van der Waals surface area contributed by atoms with Crippen LogP contribution < -0.4 is 10.5 Å². The number of fused-ring (bicyclic) bond motifs is 1. The van der Waals surface area contributed by atoms with E-state index < -0.39 is 0 Å². The molecule has 3 rings (SSSR count). The molecule has 1 aliphatic rings. The predicted octanol–water partition coefficient (Wildman–Crippen LogP) is 3.81. The lowest BCUT2D eigenvalue weighted by atomic mass is 9.72. The zero-order chi connectivity index (χ0) is 14.1. The van der Waals surface area contributed by atoms with Crippen LogP contribution in [0.5, 0.6) is 5.75 Å². The molecule has 2 nitrogen and oxygen atoms in total. The third-order valence-electron chi connectivity index (χ3n) is 3.94. The topological polar surface area (TPSA) is 35.2 Å². The number of hydrogen-bond acceptors (Lipinski definition) is 2. The second kappa shape index (κ2) is 5.29. The van der Waals surface area contributed by atoms with E-state index in [2.05, 4.69) is 36.4 Å². The van der Waals surface area contributed by atoms with Gasteiger partial charge in [-0.3, -0.25) is 0 Å². The fourth-order valence-electron chi connectivity index (χ4n) is 2.92. The van der Waals surface area contributed by atoms with Crippen LogP contribution in [-0.4, -0.2) is 6.10 Å².